The molecule has 132 valence electrons. The predicted molar refractivity (Wildman–Crippen MR) is 71.8 cm³/mol. The molecule has 19 heavy (non-hydrogen) atoms. The van der Waals surface area contributed by atoms with Crippen molar-refractivity contribution in [2.45, 2.75) is 0 Å². The second-order valence-electron chi connectivity index (χ2n) is 0.448. The Balaban J connectivity index is -0.000000000879. The van der Waals surface area contributed by atoms with Gasteiger partial charge in [0.15, 0.2) is 0 Å². The third kappa shape index (κ3) is 3030. The van der Waals surface area contributed by atoms with Gasteiger partial charge in [0.25, 0.3) is 0 Å². The summed E-state index contributed by atoms with van der Waals surface area (Å²) in [6.07, 6.45) is 0. The number of rotatable bonds is 0. The summed E-state index contributed by atoms with van der Waals surface area (Å²) in [5, 5.41) is 0. The van der Waals surface area contributed by atoms with Gasteiger partial charge < -0.3 is 65.7 Å². The quantitative estimate of drug-likeness (QED) is 0.312. The summed E-state index contributed by atoms with van der Waals surface area (Å²) in [6.45, 7) is 0. The summed E-state index contributed by atoms with van der Waals surface area (Å²) < 4.78 is 31.6. The van der Waals surface area contributed by atoms with Crippen LogP contribution in [0.1, 0.15) is 0 Å². The molecule has 0 fully saturated rings. The normalized spacial score (nSPS) is 3.05. The molecule has 0 saturated carbocycles. The molecule has 0 heterocycles. The van der Waals surface area contributed by atoms with Gasteiger partial charge in [-0.2, -0.15) is 8.42 Å². The SMILES string of the molecule is O.O.O.O.O.O.O.O.O.O.O.O.O=S(=O)(O)O.[NaH].[NaH]. The molecule has 0 bridgehead atoms. The van der Waals surface area contributed by atoms with Crippen LogP contribution in [0.15, 0.2) is 0 Å². The van der Waals surface area contributed by atoms with Crippen LogP contribution in [0, 0.1) is 0 Å². The molecular formula is H28Na2O16S. The molecular weight excluding hydrogens is 334 g/mol. The van der Waals surface area contributed by atoms with Crippen LogP contribution in [0.25, 0.3) is 0 Å². The second kappa shape index (κ2) is 120. The van der Waals surface area contributed by atoms with Crippen molar-refractivity contribution in [2.75, 3.05) is 0 Å². The molecule has 0 spiro atoms. The van der Waals surface area contributed by atoms with E-state index in [1.54, 1.807) is 0 Å². The van der Waals surface area contributed by atoms with Crippen LogP contribution in [0.4, 0.5) is 0 Å². The molecule has 19 heteroatoms. The first-order chi connectivity index (χ1) is 2.00. The molecule has 0 radical (unpaired) electrons. The summed E-state index contributed by atoms with van der Waals surface area (Å²) in [5.74, 6) is 0. The molecule has 0 amide bonds. The van der Waals surface area contributed by atoms with Crippen molar-refractivity contribution in [2.24, 2.45) is 0 Å². The van der Waals surface area contributed by atoms with E-state index in [1.807, 2.05) is 0 Å². The van der Waals surface area contributed by atoms with Crippen molar-refractivity contribution in [3.63, 3.8) is 0 Å². The topological polar surface area (TPSA) is 453 Å². The van der Waals surface area contributed by atoms with Crippen LogP contribution in [0.3, 0.4) is 0 Å². The van der Waals surface area contributed by atoms with Crippen molar-refractivity contribution >= 4 is 69.5 Å². The van der Waals surface area contributed by atoms with E-state index in [1.165, 1.54) is 0 Å². The van der Waals surface area contributed by atoms with E-state index >= 15 is 0 Å². The van der Waals surface area contributed by atoms with Gasteiger partial charge in [0, 0.05) is 0 Å². The first-order valence-electron chi connectivity index (χ1n) is 0.698. The van der Waals surface area contributed by atoms with E-state index in [0.717, 1.165) is 0 Å². The van der Waals surface area contributed by atoms with Gasteiger partial charge in [0.1, 0.15) is 0 Å². The van der Waals surface area contributed by atoms with E-state index in [-0.39, 0.29) is 125 Å². The zero-order valence-corrected chi connectivity index (χ0v) is 8.94. The van der Waals surface area contributed by atoms with Crippen LogP contribution >= 0.6 is 0 Å². The maximum atomic E-state index is 8.74. The third-order valence-electron chi connectivity index (χ3n) is 0. The zero-order chi connectivity index (χ0) is 4.50. The minimum absolute atomic E-state index is 0. The first-order valence-corrected chi connectivity index (χ1v) is 2.10. The molecule has 0 rings (SSSR count). The van der Waals surface area contributed by atoms with Crippen LogP contribution in [0.5, 0.6) is 0 Å². The van der Waals surface area contributed by atoms with Crippen LogP contribution in [0.2, 0.25) is 0 Å². The molecule has 0 aromatic rings. The third-order valence-corrected chi connectivity index (χ3v) is 0. The summed E-state index contributed by atoms with van der Waals surface area (Å²) in [5.41, 5.74) is 0. The van der Waals surface area contributed by atoms with Crippen molar-refractivity contribution in [3.05, 3.63) is 0 Å². The van der Waals surface area contributed by atoms with Crippen molar-refractivity contribution < 1.29 is 83.2 Å². The van der Waals surface area contributed by atoms with E-state index in [9.17, 15) is 0 Å². The Morgan fingerprint density at radius 1 is 0.421 bits per heavy atom. The molecule has 26 N–H and O–H groups in total. The van der Waals surface area contributed by atoms with E-state index in [4.69, 9.17) is 17.5 Å². The molecule has 0 atom stereocenters. The van der Waals surface area contributed by atoms with Gasteiger partial charge in [0.05, 0.1) is 0 Å². The Morgan fingerprint density at radius 3 is 0.421 bits per heavy atom. The standard InChI is InChI=1S/2Na.H2O4S.12H2O.2H/c;;1-5(2,3)4;;;;;;;;;;;;;;/h;;(H2,1,2,3,4);12*1H2;;. The Kier molecular flexibility index (Phi) is 1670. The molecule has 0 aliphatic carbocycles. The average Bonchev–Trinajstić information content (AvgIpc) is 0.722. The van der Waals surface area contributed by atoms with E-state index in [0.29, 0.717) is 0 Å². The van der Waals surface area contributed by atoms with Gasteiger partial charge in [-0.05, 0) is 0 Å². The molecule has 0 unspecified atom stereocenters. The molecule has 0 saturated heterocycles. The van der Waals surface area contributed by atoms with Crippen molar-refractivity contribution in [1.29, 1.82) is 0 Å². The summed E-state index contributed by atoms with van der Waals surface area (Å²) in [7, 11) is -4.67. The second-order valence-corrected chi connectivity index (χ2v) is 1.34. The van der Waals surface area contributed by atoms with Gasteiger partial charge in [-0.3, -0.25) is 9.11 Å². The van der Waals surface area contributed by atoms with Gasteiger partial charge >= 0.3 is 69.5 Å². The Hall–Kier alpha value is 1.39. The van der Waals surface area contributed by atoms with E-state index in [2.05, 4.69) is 0 Å². The fourth-order valence-electron chi connectivity index (χ4n) is 0. The fourth-order valence-corrected chi connectivity index (χ4v) is 0. The number of hydrogen-bond donors (Lipinski definition) is 2. The average molecular weight is 362 g/mol. The predicted octanol–water partition coefficient (Wildman–Crippen LogP) is -11.8. The van der Waals surface area contributed by atoms with Gasteiger partial charge in [-0.15, -0.1) is 0 Å². The fraction of sp³-hybridized carbons (Fsp3) is 0. The minimum atomic E-state index is -4.67. The molecule has 0 aromatic heterocycles. The Morgan fingerprint density at radius 2 is 0.421 bits per heavy atom. The monoisotopic (exact) mass is 362 g/mol. The van der Waals surface area contributed by atoms with Crippen LogP contribution in [-0.4, -0.2) is 142 Å². The van der Waals surface area contributed by atoms with Gasteiger partial charge in [0.2, 0.25) is 0 Å². The zero-order valence-electron chi connectivity index (χ0n) is 8.12. The van der Waals surface area contributed by atoms with E-state index < -0.39 is 10.4 Å². The summed E-state index contributed by atoms with van der Waals surface area (Å²) >= 11 is 0. The van der Waals surface area contributed by atoms with Gasteiger partial charge in [-0.1, -0.05) is 0 Å². The molecule has 0 aliphatic rings. The van der Waals surface area contributed by atoms with Crippen molar-refractivity contribution in [3.8, 4) is 0 Å². The maximum absolute atomic E-state index is 8.74. The molecule has 0 aliphatic heterocycles. The van der Waals surface area contributed by atoms with Crippen LogP contribution in [-0.2, 0) is 10.4 Å². The van der Waals surface area contributed by atoms with Gasteiger partial charge in [-0.25, -0.2) is 0 Å². The molecule has 0 aromatic carbocycles. The summed E-state index contributed by atoms with van der Waals surface area (Å²) in [6, 6.07) is 0. The first kappa shape index (κ1) is 264. The molecule has 16 nitrogen and oxygen atoms in total. The Labute approximate surface area is 152 Å². The summed E-state index contributed by atoms with van der Waals surface area (Å²) in [4.78, 5) is 0. The van der Waals surface area contributed by atoms with Crippen LogP contribution < -0.4 is 0 Å². The van der Waals surface area contributed by atoms with Crippen molar-refractivity contribution in [1.82, 2.24) is 0 Å². The Bertz CT molecular complexity index is 97.9. The number of hydrogen-bond acceptors (Lipinski definition) is 2.